The molecule has 0 aliphatic heterocycles. The molecule has 0 aliphatic rings. The molecule has 0 rings (SSSR count). The zero-order valence-corrected chi connectivity index (χ0v) is 6.80. The van der Waals surface area contributed by atoms with Crippen molar-refractivity contribution in [3.63, 3.8) is 0 Å². The van der Waals surface area contributed by atoms with Crippen molar-refractivity contribution >= 4 is 19.1 Å². The smallest absolute Gasteiger partial charge is 0.178 e. The molecule has 1 unspecified atom stereocenters. The average molecular weight is 178 g/mol. The first-order chi connectivity index (χ1) is 4.83. The van der Waals surface area contributed by atoms with E-state index in [1.165, 1.54) is 0 Å². The van der Waals surface area contributed by atoms with Gasteiger partial charge in [0, 0.05) is 13.8 Å². The maximum Gasteiger partial charge on any atom is 0.178 e. The van der Waals surface area contributed by atoms with E-state index >= 15 is 0 Å². The van der Waals surface area contributed by atoms with Crippen molar-refractivity contribution in [1.82, 2.24) is 0 Å². The van der Waals surface area contributed by atoms with Crippen LogP contribution < -0.4 is 10.00 Å². The third kappa shape index (κ3) is 5.76. The molecule has 6 heteroatoms. The Balaban J connectivity index is 3.82. The van der Waals surface area contributed by atoms with E-state index in [4.69, 9.17) is 0 Å². The van der Waals surface area contributed by atoms with E-state index in [1.807, 2.05) is 0 Å². The Hall–Kier alpha value is -0.670. The second kappa shape index (κ2) is 3.64. The van der Waals surface area contributed by atoms with Crippen LogP contribution in [0.3, 0.4) is 0 Å². The first kappa shape index (κ1) is 10.3. The lowest BCUT2D eigenvalue weighted by molar-refractivity contribution is -0.299. The topological polar surface area (TPSA) is 97.3 Å². The molecule has 0 aromatic heterocycles. The van der Waals surface area contributed by atoms with Crippen molar-refractivity contribution in [3.8, 4) is 0 Å². The van der Waals surface area contributed by atoms with Crippen LogP contribution >= 0.6 is 7.37 Å². The van der Waals surface area contributed by atoms with E-state index in [-0.39, 0.29) is 0 Å². The van der Waals surface area contributed by atoms with Gasteiger partial charge < -0.3 is 19.4 Å². The van der Waals surface area contributed by atoms with Gasteiger partial charge in [-0.15, -0.1) is 0 Å². The van der Waals surface area contributed by atoms with Gasteiger partial charge in [-0.25, -0.2) is 0 Å². The lowest BCUT2D eigenvalue weighted by Crippen LogP contribution is -2.32. The Bertz CT molecular complexity index is 215. The van der Waals surface area contributed by atoms with E-state index in [2.05, 4.69) is 0 Å². The fourth-order valence-electron chi connectivity index (χ4n) is 0.407. The van der Waals surface area contributed by atoms with Gasteiger partial charge in [-0.1, -0.05) is 0 Å². The van der Waals surface area contributed by atoms with Crippen molar-refractivity contribution < 1.29 is 24.2 Å². The molecule has 0 aromatic rings. The van der Waals surface area contributed by atoms with Crippen molar-refractivity contribution in [2.75, 3.05) is 12.8 Å². The van der Waals surface area contributed by atoms with Crippen molar-refractivity contribution in [2.45, 2.75) is 6.42 Å². The summed E-state index contributed by atoms with van der Waals surface area (Å²) in [6.45, 7) is 0.954. The number of carbonyl (C=O) groups is 2. The van der Waals surface area contributed by atoms with E-state index in [1.54, 1.807) is 0 Å². The standard InChI is InChI=1S/C5H9O5P/c1-11(9,10)3-2-4(6)5(7)8/h2-3H2,1H3,(H,7,8)(H,9,10)/p-2. The molecular formula is C5H7O5P-2. The number of Topliss-reactive ketones (excluding diaryl/α,β-unsaturated/α-hetero) is 1. The predicted molar refractivity (Wildman–Crippen MR) is 33.0 cm³/mol. The summed E-state index contributed by atoms with van der Waals surface area (Å²) in [5.74, 6) is -3.01. The Morgan fingerprint density at radius 2 is 1.91 bits per heavy atom. The van der Waals surface area contributed by atoms with Crippen molar-refractivity contribution in [1.29, 1.82) is 0 Å². The molecule has 0 fully saturated rings. The molecule has 0 bridgehead atoms. The van der Waals surface area contributed by atoms with Gasteiger partial charge in [0.2, 0.25) is 0 Å². The molecular weight excluding hydrogens is 171 g/mol. The fraction of sp³-hybridized carbons (Fsp3) is 0.600. The Morgan fingerprint density at radius 3 is 2.18 bits per heavy atom. The monoisotopic (exact) mass is 178 g/mol. The van der Waals surface area contributed by atoms with Crippen LogP contribution in [0.4, 0.5) is 0 Å². The number of carboxylic acids is 1. The van der Waals surface area contributed by atoms with Gasteiger partial charge in [-0.3, -0.25) is 4.79 Å². The molecule has 0 saturated heterocycles. The minimum atomic E-state index is -3.52. The molecule has 11 heavy (non-hydrogen) atoms. The average Bonchev–Trinajstić information content (AvgIpc) is 1.80. The van der Waals surface area contributed by atoms with Gasteiger partial charge in [0.25, 0.3) is 0 Å². The summed E-state index contributed by atoms with van der Waals surface area (Å²) in [6, 6.07) is 0. The van der Waals surface area contributed by atoms with Gasteiger partial charge in [-0.05, 0) is 12.8 Å². The van der Waals surface area contributed by atoms with Crippen LogP contribution in [0.25, 0.3) is 0 Å². The van der Waals surface area contributed by atoms with E-state index in [0.29, 0.717) is 0 Å². The minimum absolute atomic E-state index is 0.417. The molecule has 0 amide bonds. The van der Waals surface area contributed by atoms with Crippen molar-refractivity contribution in [2.24, 2.45) is 0 Å². The fourth-order valence-corrected chi connectivity index (χ4v) is 1.02. The van der Waals surface area contributed by atoms with Crippen LogP contribution in [0.2, 0.25) is 0 Å². The normalized spacial score (nSPS) is 15.5. The molecule has 5 nitrogen and oxygen atoms in total. The summed E-state index contributed by atoms with van der Waals surface area (Å²) in [7, 11) is -3.52. The van der Waals surface area contributed by atoms with Crippen LogP contribution in [-0.4, -0.2) is 24.6 Å². The molecule has 0 spiro atoms. The highest BCUT2D eigenvalue weighted by atomic mass is 31.2. The summed E-state index contributed by atoms with van der Waals surface area (Å²) in [5, 5.41) is 9.76. The van der Waals surface area contributed by atoms with Gasteiger partial charge in [0.05, 0.1) is 0 Å². The number of ketones is 1. The summed E-state index contributed by atoms with van der Waals surface area (Å²) in [6.07, 6.45) is -0.917. The Kier molecular flexibility index (Phi) is 3.42. The zero-order valence-electron chi connectivity index (χ0n) is 5.90. The van der Waals surface area contributed by atoms with Crippen LogP contribution in [0.1, 0.15) is 6.42 Å². The SMILES string of the molecule is CP(=O)([O-])CCC(=O)C(=O)[O-]. The number of hydrogen-bond donors (Lipinski definition) is 0. The summed E-state index contributed by atoms with van der Waals surface area (Å²) in [5.41, 5.74) is 0. The number of hydrogen-bond acceptors (Lipinski definition) is 5. The van der Waals surface area contributed by atoms with Crippen LogP contribution in [-0.2, 0) is 14.2 Å². The molecule has 1 atom stereocenters. The van der Waals surface area contributed by atoms with Crippen LogP contribution in [0, 0.1) is 0 Å². The largest absolute Gasteiger partial charge is 0.799 e. The molecule has 0 radical (unpaired) electrons. The van der Waals surface area contributed by atoms with Gasteiger partial charge in [0.15, 0.2) is 5.78 Å². The second-order valence-electron chi connectivity index (χ2n) is 2.20. The molecule has 64 valence electrons. The summed E-state index contributed by atoms with van der Waals surface area (Å²) >= 11 is 0. The zero-order chi connectivity index (χ0) is 9.07. The van der Waals surface area contributed by atoms with E-state index < -0.39 is 31.7 Å². The number of aliphatic carboxylic acids is 1. The molecule has 0 N–H and O–H groups in total. The molecule has 0 aromatic carbocycles. The summed E-state index contributed by atoms with van der Waals surface area (Å²) < 4.78 is 10.4. The van der Waals surface area contributed by atoms with E-state index in [9.17, 15) is 24.2 Å². The Labute approximate surface area is 63.5 Å². The number of rotatable bonds is 4. The highest BCUT2D eigenvalue weighted by Gasteiger charge is 2.06. The van der Waals surface area contributed by atoms with Gasteiger partial charge in [-0.2, -0.15) is 0 Å². The van der Waals surface area contributed by atoms with Crippen LogP contribution in [0.15, 0.2) is 0 Å². The van der Waals surface area contributed by atoms with Gasteiger partial charge in [0.1, 0.15) is 5.97 Å². The minimum Gasteiger partial charge on any atom is -0.799 e. The highest BCUT2D eigenvalue weighted by Crippen LogP contribution is 2.29. The first-order valence-corrected chi connectivity index (χ1v) is 5.10. The van der Waals surface area contributed by atoms with Crippen molar-refractivity contribution in [3.05, 3.63) is 0 Å². The third-order valence-electron chi connectivity index (χ3n) is 0.973. The Morgan fingerprint density at radius 1 is 1.45 bits per heavy atom. The maximum atomic E-state index is 10.4. The molecule has 0 saturated carbocycles. The van der Waals surface area contributed by atoms with E-state index in [0.717, 1.165) is 6.66 Å². The lowest BCUT2D eigenvalue weighted by Gasteiger charge is -2.16. The maximum absolute atomic E-state index is 10.4. The molecule has 0 aliphatic carbocycles. The third-order valence-corrected chi connectivity index (χ3v) is 2.01. The van der Waals surface area contributed by atoms with Crippen LogP contribution in [0.5, 0.6) is 0 Å². The summed E-state index contributed by atoms with van der Waals surface area (Å²) in [4.78, 5) is 30.5. The highest BCUT2D eigenvalue weighted by molar-refractivity contribution is 7.55. The second-order valence-corrected chi connectivity index (χ2v) is 4.67. The number of carbonyl (C=O) groups excluding carboxylic acids is 2. The molecule has 0 heterocycles. The predicted octanol–water partition coefficient (Wildman–Crippen LogP) is -2.04. The van der Waals surface area contributed by atoms with Gasteiger partial charge >= 0.3 is 0 Å². The quantitative estimate of drug-likeness (QED) is 0.365. The lowest BCUT2D eigenvalue weighted by atomic mass is 10.3. The first-order valence-electron chi connectivity index (χ1n) is 2.84. The number of carboxylic acid groups (broad SMARTS) is 1.